The van der Waals surface area contributed by atoms with E-state index in [0.29, 0.717) is 23.6 Å². The Morgan fingerprint density at radius 1 is 1.50 bits per heavy atom. The first-order chi connectivity index (χ1) is 10.1. The van der Waals surface area contributed by atoms with Gasteiger partial charge in [0.2, 0.25) is 0 Å². The molecule has 0 saturated heterocycles. The van der Waals surface area contributed by atoms with Crippen molar-refractivity contribution in [1.82, 2.24) is 4.90 Å². The summed E-state index contributed by atoms with van der Waals surface area (Å²) in [6.45, 7) is 6.74. The summed E-state index contributed by atoms with van der Waals surface area (Å²) in [4.78, 5) is 1.89. The van der Waals surface area contributed by atoms with Crippen LogP contribution in [0.3, 0.4) is 0 Å². The van der Waals surface area contributed by atoms with Gasteiger partial charge in [-0.3, -0.25) is 0 Å². The number of allylic oxidation sites excluding steroid dienone is 3. The van der Waals surface area contributed by atoms with Gasteiger partial charge in [-0.25, -0.2) is 4.39 Å². The molecule has 2 rings (SSSR count). The number of hydrogen-bond donors (Lipinski definition) is 0. The minimum atomic E-state index is -0.385. The zero-order valence-electron chi connectivity index (χ0n) is 12.2. The summed E-state index contributed by atoms with van der Waals surface area (Å²) in [6.07, 6.45) is 9.94. The molecule has 22 heavy (non-hydrogen) atoms. The van der Waals surface area contributed by atoms with Crippen molar-refractivity contribution in [3.8, 4) is 18.1 Å². The van der Waals surface area contributed by atoms with Crippen LogP contribution >= 0.6 is 15.9 Å². The van der Waals surface area contributed by atoms with Crippen molar-refractivity contribution in [2.75, 3.05) is 13.2 Å². The van der Waals surface area contributed by atoms with Crippen LogP contribution in [0.2, 0.25) is 0 Å². The molecule has 111 valence electrons. The fraction of sp³-hybridized carbons (Fsp3) is 0.176. The van der Waals surface area contributed by atoms with Gasteiger partial charge < -0.3 is 9.64 Å². The maximum atomic E-state index is 14.3. The SMILES string of the molecule is C#CCOc1ccc(C2=[C-]C=C(Br)C(=C)N2CC)c(F)c1.[Y]. The van der Waals surface area contributed by atoms with Crippen LogP contribution in [0.5, 0.6) is 5.75 Å². The minimum Gasteiger partial charge on any atom is -0.481 e. The number of hydrogen-bond acceptors (Lipinski definition) is 2. The first kappa shape index (κ1) is 19.2. The molecule has 0 bridgehead atoms. The van der Waals surface area contributed by atoms with Crippen molar-refractivity contribution in [2.24, 2.45) is 0 Å². The van der Waals surface area contributed by atoms with Gasteiger partial charge >= 0.3 is 0 Å². The number of rotatable bonds is 4. The quantitative estimate of drug-likeness (QED) is 0.521. The van der Waals surface area contributed by atoms with Crippen LogP contribution in [0.1, 0.15) is 12.5 Å². The standard InChI is InChI=1S/C17H14BrFNO.Y/c1-4-10-21-13-6-7-14(16(19)11-13)17-9-8-15(18)12(3)20(17)5-2;/h1,6-8,11H,3,5,10H2,2H3;/q-1;. The molecule has 1 heterocycles. The Morgan fingerprint density at radius 3 is 2.82 bits per heavy atom. The molecular weight excluding hydrogens is 422 g/mol. The number of nitrogens with zero attached hydrogens (tertiary/aromatic N) is 1. The van der Waals surface area contributed by atoms with Gasteiger partial charge in [-0.05, 0) is 18.7 Å². The molecule has 0 unspecified atom stereocenters. The van der Waals surface area contributed by atoms with Gasteiger partial charge in [0.05, 0.1) is 5.82 Å². The number of likely N-dealkylation sites (N-methyl/N-ethyl adjacent to an activating group) is 1. The maximum Gasteiger partial charge on any atom is 0.148 e. The monoisotopic (exact) mass is 435 g/mol. The fourth-order valence-electron chi connectivity index (χ4n) is 2.03. The number of benzene rings is 1. The van der Waals surface area contributed by atoms with Crippen LogP contribution in [0.25, 0.3) is 5.70 Å². The fourth-order valence-corrected chi connectivity index (χ4v) is 2.36. The largest absolute Gasteiger partial charge is 0.481 e. The molecule has 1 aliphatic heterocycles. The molecule has 1 radical (unpaired) electrons. The summed E-state index contributed by atoms with van der Waals surface area (Å²) in [5, 5.41) is 0. The van der Waals surface area contributed by atoms with Crippen LogP contribution in [-0.2, 0) is 32.7 Å². The molecule has 1 aliphatic rings. The predicted molar refractivity (Wildman–Crippen MR) is 85.9 cm³/mol. The molecule has 0 amide bonds. The molecule has 2 nitrogen and oxygen atoms in total. The Morgan fingerprint density at radius 2 is 2.23 bits per heavy atom. The van der Waals surface area contributed by atoms with Crippen LogP contribution in [-0.4, -0.2) is 18.1 Å². The van der Waals surface area contributed by atoms with Crippen molar-refractivity contribution in [3.05, 3.63) is 58.5 Å². The molecular formula is C17H14BrFNOY-. The zero-order chi connectivity index (χ0) is 15.4. The molecule has 0 aromatic heterocycles. The van der Waals surface area contributed by atoms with E-state index in [0.717, 1.165) is 10.2 Å². The maximum absolute atomic E-state index is 14.3. The minimum absolute atomic E-state index is 0. The van der Waals surface area contributed by atoms with Crippen molar-refractivity contribution in [3.63, 3.8) is 0 Å². The summed E-state index contributed by atoms with van der Waals surface area (Å²) >= 11 is 3.41. The van der Waals surface area contributed by atoms with Gasteiger partial charge in [-0.1, -0.05) is 28.2 Å². The van der Waals surface area contributed by atoms with Gasteiger partial charge in [0.1, 0.15) is 12.4 Å². The Kier molecular flexibility index (Phi) is 7.55. The Bertz CT molecular complexity index is 676. The second-order valence-corrected chi connectivity index (χ2v) is 5.16. The second-order valence-electron chi connectivity index (χ2n) is 4.31. The summed E-state index contributed by atoms with van der Waals surface area (Å²) in [5.74, 6) is 2.37. The van der Waals surface area contributed by atoms with Crippen molar-refractivity contribution in [1.29, 1.82) is 0 Å². The van der Waals surface area contributed by atoms with E-state index in [1.807, 2.05) is 11.8 Å². The summed E-state index contributed by atoms with van der Waals surface area (Å²) in [6, 6.07) is 4.67. The third-order valence-electron chi connectivity index (χ3n) is 3.04. The van der Waals surface area contributed by atoms with E-state index < -0.39 is 0 Å². The summed E-state index contributed by atoms with van der Waals surface area (Å²) < 4.78 is 20.4. The Hall–Kier alpha value is -0.886. The zero-order valence-corrected chi connectivity index (χ0v) is 16.6. The smallest absolute Gasteiger partial charge is 0.148 e. The van der Waals surface area contributed by atoms with E-state index in [2.05, 4.69) is 34.5 Å². The Labute approximate surface area is 164 Å². The summed E-state index contributed by atoms with van der Waals surface area (Å²) in [7, 11) is 0. The number of halogens is 2. The third-order valence-corrected chi connectivity index (χ3v) is 3.73. The van der Waals surface area contributed by atoms with Crippen LogP contribution in [0, 0.1) is 24.2 Å². The number of terminal acetylenes is 1. The van der Waals surface area contributed by atoms with Gasteiger partial charge in [-0.2, -0.15) is 12.2 Å². The Balaban J connectivity index is 0.00000242. The van der Waals surface area contributed by atoms with Crippen molar-refractivity contribution in [2.45, 2.75) is 6.92 Å². The van der Waals surface area contributed by atoms with E-state index in [-0.39, 0.29) is 45.1 Å². The first-order valence-corrected chi connectivity index (χ1v) is 7.20. The van der Waals surface area contributed by atoms with E-state index in [1.54, 1.807) is 18.2 Å². The van der Waals surface area contributed by atoms with Crippen molar-refractivity contribution < 1.29 is 41.8 Å². The molecule has 0 atom stereocenters. The predicted octanol–water partition coefficient (Wildman–Crippen LogP) is 4.11. The van der Waals surface area contributed by atoms with E-state index in [9.17, 15) is 4.39 Å². The van der Waals surface area contributed by atoms with Crippen LogP contribution in [0.15, 0.2) is 41.0 Å². The van der Waals surface area contributed by atoms with Gasteiger partial charge in [0.25, 0.3) is 0 Å². The van der Waals surface area contributed by atoms with Gasteiger partial charge in [-0.15, -0.1) is 28.4 Å². The van der Waals surface area contributed by atoms with Gasteiger partial charge in [0, 0.05) is 45.3 Å². The van der Waals surface area contributed by atoms with Crippen LogP contribution in [0.4, 0.5) is 4.39 Å². The average molecular weight is 436 g/mol. The second kappa shape index (κ2) is 8.67. The summed E-state index contributed by atoms with van der Waals surface area (Å²) in [5.41, 5.74) is 1.87. The van der Waals surface area contributed by atoms with E-state index in [1.165, 1.54) is 6.07 Å². The van der Waals surface area contributed by atoms with E-state index >= 15 is 0 Å². The molecule has 0 fully saturated rings. The average Bonchev–Trinajstić information content (AvgIpc) is 2.48. The number of ether oxygens (including phenoxy) is 1. The third kappa shape index (κ3) is 4.10. The molecule has 1 aromatic carbocycles. The molecule has 0 spiro atoms. The first-order valence-electron chi connectivity index (χ1n) is 6.40. The van der Waals surface area contributed by atoms with E-state index in [4.69, 9.17) is 11.2 Å². The molecule has 0 N–H and O–H groups in total. The van der Waals surface area contributed by atoms with Crippen molar-refractivity contribution >= 4 is 21.6 Å². The molecule has 1 aromatic rings. The molecule has 5 heteroatoms. The topological polar surface area (TPSA) is 12.5 Å². The molecule has 0 aliphatic carbocycles. The molecule has 0 saturated carbocycles. The van der Waals surface area contributed by atoms with Crippen LogP contribution < -0.4 is 4.74 Å². The normalized spacial score (nSPS) is 13.7. The van der Waals surface area contributed by atoms with Gasteiger partial charge in [0.15, 0.2) is 0 Å².